The van der Waals surface area contributed by atoms with Crippen LogP contribution in [-0.4, -0.2) is 35.5 Å². The molecule has 108 valence electrons. The molecule has 0 aliphatic rings. The normalized spacial score (nSPS) is 11.7. The molecule has 0 aliphatic carbocycles. The highest BCUT2D eigenvalue weighted by molar-refractivity contribution is 7.89. The van der Waals surface area contributed by atoms with Crippen LogP contribution in [0.4, 0.5) is 0 Å². The van der Waals surface area contributed by atoms with Gasteiger partial charge in [0.25, 0.3) is 0 Å². The molecule has 2 heterocycles. The summed E-state index contributed by atoms with van der Waals surface area (Å²) in [4.78, 5) is 15.3. The summed E-state index contributed by atoms with van der Waals surface area (Å²) in [5, 5.41) is 5.11. The number of aromatic amines is 1. The van der Waals surface area contributed by atoms with E-state index in [1.165, 1.54) is 25.6 Å². The van der Waals surface area contributed by atoms with E-state index in [1.807, 2.05) is 0 Å². The van der Waals surface area contributed by atoms with Gasteiger partial charge in [0.05, 0.1) is 23.8 Å². The molecule has 0 bridgehead atoms. The van der Waals surface area contributed by atoms with Gasteiger partial charge in [-0.15, -0.1) is 0 Å². The van der Waals surface area contributed by atoms with Crippen LogP contribution in [0.3, 0.4) is 0 Å². The molecule has 0 radical (unpaired) electrons. The molecule has 0 spiro atoms. The van der Waals surface area contributed by atoms with Gasteiger partial charge in [0.2, 0.25) is 10.0 Å². The van der Waals surface area contributed by atoms with Crippen LogP contribution in [0.1, 0.15) is 0 Å². The molecular weight excluding hydrogens is 294 g/mol. The molecule has 0 amide bonds. The Balaban J connectivity index is 2.17. The Morgan fingerprint density at radius 1 is 1.33 bits per heavy atom. The van der Waals surface area contributed by atoms with E-state index >= 15 is 0 Å². The monoisotopic (exact) mass is 305 g/mol. The van der Waals surface area contributed by atoms with Gasteiger partial charge in [-0.25, -0.2) is 28.5 Å². The van der Waals surface area contributed by atoms with Crippen molar-refractivity contribution in [3.8, 4) is 17.1 Å². The van der Waals surface area contributed by atoms with Gasteiger partial charge >= 0.3 is 0 Å². The number of benzene rings is 1. The molecule has 0 atom stereocenters. The number of ether oxygens (including phenoxy) is 1. The quantitative estimate of drug-likeness (QED) is 0.733. The molecule has 0 unspecified atom stereocenters. The zero-order chi connectivity index (χ0) is 15.0. The van der Waals surface area contributed by atoms with Crippen molar-refractivity contribution in [1.82, 2.24) is 19.9 Å². The van der Waals surface area contributed by atoms with Crippen LogP contribution < -0.4 is 9.88 Å². The van der Waals surface area contributed by atoms with E-state index in [4.69, 9.17) is 9.88 Å². The summed E-state index contributed by atoms with van der Waals surface area (Å²) in [5.41, 5.74) is 1.78. The molecule has 8 nitrogen and oxygen atoms in total. The van der Waals surface area contributed by atoms with Gasteiger partial charge in [0.1, 0.15) is 23.4 Å². The van der Waals surface area contributed by atoms with Gasteiger partial charge in [-0.3, -0.25) is 0 Å². The van der Waals surface area contributed by atoms with Crippen molar-refractivity contribution in [1.29, 1.82) is 0 Å². The number of H-pyrrole nitrogens is 1. The number of fused-ring (bicyclic) bond motifs is 1. The number of primary sulfonamides is 1. The van der Waals surface area contributed by atoms with Crippen molar-refractivity contribution in [3.05, 3.63) is 30.7 Å². The fraction of sp³-hybridized carbons (Fsp3) is 0.0833. The minimum Gasteiger partial charge on any atom is -0.496 e. The maximum atomic E-state index is 11.4. The van der Waals surface area contributed by atoms with Crippen LogP contribution in [0.25, 0.3) is 22.6 Å². The summed E-state index contributed by atoms with van der Waals surface area (Å²) in [6, 6.07) is 4.32. The first-order chi connectivity index (χ1) is 9.99. The van der Waals surface area contributed by atoms with Crippen molar-refractivity contribution in [2.45, 2.75) is 4.90 Å². The number of nitrogens with zero attached hydrogens (tertiary/aromatic N) is 3. The van der Waals surface area contributed by atoms with E-state index in [1.54, 1.807) is 12.3 Å². The molecule has 9 heteroatoms. The van der Waals surface area contributed by atoms with E-state index < -0.39 is 10.0 Å². The van der Waals surface area contributed by atoms with Crippen LogP contribution in [-0.2, 0) is 10.0 Å². The predicted octanol–water partition coefficient (Wildman–Crippen LogP) is 0.676. The molecule has 3 N–H and O–H groups in total. The zero-order valence-electron chi connectivity index (χ0n) is 10.9. The van der Waals surface area contributed by atoms with E-state index in [9.17, 15) is 8.42 Å². The number of sulfonamides is 1. The molecule has 0 saturated carbocycles. The third-order valence-corrected chi connectivity index (χ3v) is 3.83. The Labute approximate surface area is 120 Å². The third kappa shape index (κ3) is 2.43. The first-order valence-corrected chi connectivity index (χ1v) is 7.40. The molecule has 3 aromatic rings. The van der Waals surface area contributed by atoms with E-state index in [0.29, 0.717) is 28.3 Å². The molecule has 1 aromatic carbocycles. The fourth-order valence-corrected chi connectivity index (χ4v) is 2.46. The van der Waals surface area contributed by atoms with Gasteiger partial charge in [0, 0.05) is 6.07 Å². The van der Waals surface area contributed by atoms with Crippen LogP contribution in [0.5, 0.6) is 5.75 Å². The molecule has 0 fully saturated rings. The van der Waals surface area contributed by atoms with Gasteiger partial charge < -0.3 is 9.72 Å². The average Bonchev–Trinajstić information content (AvgIpc) is 2.89. The third-order valence-electron chi connectivity index (χ3n) is 2.92. The summed E-state index contributed by atoms with van der Waals surface area (Å²) in [6.07, 6.45) is 3.00. The molecule has 0 aliphatic heterocycles. The van der Waals surface area contributed by atoms with Gasteiger partial charge in [-0.05, 0) is 12.1 Å². The van der Waals surface area contributed by atoms with Gasteiger partial charge in [-0.1, -0.05) is 0 Å². The highest BCUT2D eigenvalue weighted by Crippen LogP contribution is 2.30. The van der Waals surface area contributed by atoms with Crippen molar-refractivity contribution >= 4 is 21.2 Å². The largest absolute Gasteiger partial charge is 0.496 e. The van der Waals surface area contributed by atoms with Gasteiger partial charge in [0.15, 0.2) is 5.65 Å². The summed E-state index contributed by atoms with van der Waals surface area (Å²) in [5.74, 6) is 0.844. The first kappa shape index (κ1) is 13.5. The zero-order valence-corrected chi connectivity index (χ0v) is 11.8. The number of nitrogens with one attached hydrogen (secondary N) is 1. The van der Waals surface area contributed by atoms with Gasteiger partial charge in [-0.2, -0.15) is 0 Å². The second-order valence-corrected chi connectivity index (χ2v) is 5.81. The van der Waals surface area contributed by atoms with Crippen LogP contribution in [0.15, 0.2) is 35.6 Å². The lowest BCUT2D eigenvalue weighted by Crippen LogP contribution is -2.12. The summed E-state index contributed by atoms with van der Waals surface area (Å²) < 4.78 is 28.0. The lowest BCUT2D eigenvalue weighted by atomic mass is 10.2. The maximum absolute atomic E-state index is 11.4. The highest BCUT2D eigenvalue weighted by Gasteiger charge is 2.15. The van der Waals surface area contributed by atoms with Crippen molar-refractivity contribution < 1.29 is 13.2 Å². The van der Waals surface area contributed by atoms with E-state index in [2.05, 4.69) is 19.9 Å². The number of hydrogen-bond donors (Lipinski definition) is 2. The Bertz CT molecular complexity index is 887. The average molecular weight is 305 g/mol. The van der Waals surface area contributed by atoms with E-state index in [-0.39, 0.29) is 4.90 Å². The number of nitrogens with two attached hydrogens (primary N) is 1. The topological polar surface area (TPSA) is 124 Å². The number of aromatic nitrogens is 4. The Morgan fingerprint density at radius 2 is 2.14 bits per heavy atom. The second-order valence-electron chi connectivity index (χ2n) is 4.25. The minimum atomic E-state index is -3.79. The van der Waals surface area contributed by atoms with Crippen LogP contribution >= 0.6 is 0 Å². The standard InChI is InChI=1S/C12H11N5O3S/c1-20-10-4-7(21(13,18)19)2-3-8(10)11-16-9-5-14-6-15-12(9)17-11/h2-6H,1H3,(H2,13,18,19)(H,14,15,16,17). The molecule has 21 heavy (non-hydrogen) atoms. The van der Waals surface area contributed by atoms with Crippen LogP contribution in [0.2, 0.25) is 0 Å². The van der Waals surface area contributed by atoms with E-state index in [0.717, 1.165) is 0 Å². The lowest BCUT2D eigenvalue weighted by Gasteiger charge is -2.07. The summed E-state index contributed by atoms with van der Waals surface area (Å²) in [7, 11) is -2.35. The first-order valence-electron chi connectivity index (χ1n) is 5.86. The second kappa shape index (κ2) is 4.79. The van der Waals surface area contributed by atoms with Crippen molar-refractivity contribution in [3.63, 3.8) is 0 Å². The molecule has 3 rings (SSSR count). The number of rotatable bonds is 3. The van der Waals surface area contributed by atoms with Crippen molar-refractivity contribution in [2.75, 3.05) is 7.11 Å². The van der Waals surface area contributed by atoms with Crippen LogP contribution in [0, 0.1) is 0 Å². The number of methoxy groups -OCH3 is 1. The Hall–Kier alpha value is -2.52. The minimum absolute atomic E-state index is 0.0287. The molecular formula is C12H11N5O3S. The summed E-state index contributed by atoms with van der Waals surface area (Å²) in [6.45, 7) is 0. The molecule has 2 aromatic heterocycles. The Morgan fingerprint density at radius 3 is 2.81 bits per heavy atom. The highest BCUT2D eigenvalue weighted by atomic mass is 32.2. The lowest BCUT2D eigenvalue weighted by molar-refractivity contribution is 0.415. The summed E-state index contributed by atoms with van der Waals surface area (Å²) >= 11 is 0. The Kier molecular flexibility index (Phi) is 3.07. The predicted molar refractivity (Wildman–Crippen MR) is 75.0 cm³/mol. The SMILES string of the molecule is COc1cc(S(N)(=O)=O)ccc1-c1nc2ncncc2[nH]1. The smallest absolute Gasteiger partial charge is 0.238 e. The number of hydrogen-bond acceptors (Lipinski definition) is 6. The van der Waals surface area contributed by atoms with Crippen molar-refractivity contribution in [2.24, 2.45) is 5.14 Å². The number of imidazole rings is 1. The fourth-order valence-electron chi connectivity index (χ4n) is 1.93. The molecule has 0 saturated heterocycles. The maximum Gasteiger partial charge on any atom is 0.238 e.